The van der Waals surface area contributed by atoms with Gasteiger partial charge in [0.2, 0.25) is 0 Å². The molecule has 5 heteroatoms. The van der Waals surface area contributed by atoms with Crippen molar-refractivity contribution in [3.8, 4) is 0 Å². The number of hydrogen-bond donors (Lipinski definition) is 0. The van der Waals surface area contributed by atoms with E-state index in [1.165, 1.54) is 6.21 Å². The fourth-order valence-electron chi connectivity index (χ4n) is 1.52. The molecule has 0 saturated carbocycles. The molecule has 0 aliphatic rings. The summed E-state index contributed by atoms with van der Waals surface area (Å²) in [4.78, 5) is 0. The number of fused-ring (bicyclic) bond motifs is 1. The Morgan fingerprint density at radius 3 is 2.59 bits per heavy atom. The van der Waals surface area contributed by atoms with Gasteiger partial charge in [0.05, 0.1) is 12.5 Å². The number of hydrogen-bond acceptors (Lipinski definition) is 4. The zero-order valence-corrected chi connectivity index (χ0v) is 10.0. The summed E-state index contributed by atoms with van der Waals surface area (Å²) < 4.78 is 25.8. The molecule has 0 aliphatic carbocycles. The molecule has 0 N–H and O–H groups in total. The van der Waals surface area contributed by atoms with Crippen LogP contribution in [0.3, 0.4) is 0 Å². The Balaban J connectivity index is 2.36. The van der Waals surface area contributed by atoms with Gasteiger partial charge in [0.25, 0.3) is 0 Å². The molecule has 88 valence electrons. The Morgan fingerprint density at radius 2 is 1.82 bits per heavy atom. The number of oxime groups is 1. The van der Waals surface area contributed by atoms with E-state index in [2.05, 4.69) is 9.44 Å². The summed E-state index contributed by atoms with van der Waals surface area (Å²) in [6.07, 6.45) is 2.34. The smallest absolute Gasteiger partial charge is 0.269 e. The highest BCUT2D eigenvalue weighted by molar-refractivity contribution is 7.85. The maximum absolute atomic E-state index is 10.7. The van der Waals surface area contributed by atoms with Gasteiger partial charge in [0.1, 0.15) is 0 Å². The Kier molecular flexibility index (Phi) is 3.10. The molecule has 17 heavy (non-hydrogen) atoms. The van der Waals surface area contributed by atoms with E-state index >= 15 is 0 Å². The van der Waals surface area contributed by atoms with E-state index in [4.69, 9.17) is 0 Å². The van der Waals surface area contributed by atoms with Crippen LogP contribution in [0.5, 0.6) is 0 Å². The molecule has 0 fully saturated rings. The third kappa shape index (κ3) is 3.04. The summed E-state index contributed by atoms with van der Waals surface area (Å²) in [6.45, 7) is 0. The van der Waals surface area contributed by atoms with Crippen LogP contribution in [0, 0.1) is 0 Å². The summed E-state index contributed by atoms with van der Waals surface area (Å²) in [5.41, 5.74) is 0.812. The van der Waals surface area contributed by atoms with Gasteiger partial charge < -0.3 is 0 Å². The van der Waals surface area contributed by atoms with E-state index < -0.39 is 10.1 Å². The molecule has 0 aliphatic heterocycles. The molecule has 0 bridgehead atoms. The molecule has 0 amide bonds. The molecule has 0 spiro atoms. The minimum Gasteiger partial charge on any atom is -0.269 e. The van der Waals surface area contributed by atoms with Gasteiger partial charge >= 0.3 is 10.1 Å². The van der Waals surface area contributed by atoms with Crippen molar-refractivity contribution in [1.29, 1.82) is 0 Å². The van der Waals surface area contributed by atoms with E-state index in [1.807, 2.05) is 42.5 Å². The topological polar surface area (TPSA) is 55.7 Å². The van der Waals surface area contributed by atoms with Crippen LogP contribution in [0.25, 0.3) is 10.8 Å². The van der Waals surface area contributed by atoms with Gasteiger partial charge in [-0.05, 0) is 10.8 Å². The van der Waals surface area contributed by atoms with Gasteiger partial charge in [-0.25, -0.2) is 0 Å². The second-order valence-corrected chi connectivity index (χ2v) is 5.14. The van der Waals surface area contributed by atoms with Gasteiger partial charge in [0, 0.05) is 5.56 Å². The van der Waals surface area contributed by atoms with Crippen molar-refractivity contribution in [2.45, 2.75) is 0 Å². The third-order valence-corrected chi connectivity index (χ3v) is 2.55. The zero-order valence-electron chi connectivity index (χ0n) is 9.20. The lowest BCUT2D eigenvalue weighted by molar-refractivity contribution is 0.345. The second-order valence-electron chi connectivity index (χ2n) is 3.58. The van der Waals surface area contributed by atoms with Crippen molar-refractivity contribution in [1.82, 2.24) is 0 Å². The second kappa shape index (κ2) is 4.55. The number of nitrogens with zero attached hydrogens (tertiary/aromatic N) is 1. The van der Waals surface area contributed by atoms with Crippen molar-refractivity contribution in [3.05, 3.63) is 48.0 Å². The predicted octanol–water partition coefficient (Wildman–Crippen LogP) is 2.15. The minimum absolute atomic E-state index is 0.812. The van der Waals surface area contributed by atoms with Crippen LogP contribution in [-0.2, 0) is 14.4 Å². The molecular formula is C12H11NO3S. The average Bonchev–Trinajstić information content (AvgIpc) is 2.28. The monoisotopic (exact) mass is 249 g/mol. The number of benzene rings is 2. The average molecular weight is 249 g/mol. The molecule has 2 aromatic rings. The molecule has 2 aromatic carbocycles. The molecule has 2 rings (SSSR count). The first-order chi connectivity index (χ1) is 8.06. The minimum atomic E-state index is -3.55. The van der Waals surface area contributed by atoms with Crippen LogP contribution >= 0.6 is 0 Å². The first-order valence-electron chi connectivity index (χ1n) is 4.96. The van der Waals surface area contributed by atoms with Crippen LogP contribution in [0.1, 0.15) is 5.56 Å². The van der Waals surface area contributed by atoms with Crippen molar-refractivity contribution in [3.63, 3.8) is 0 Å². The quantitative estimate of drug-likeness (QED) is 0.618. The van der Waals surface area contributed by atoms with Gasteiger partial charge in [-0.15, -0.1) is 0 Å². The lowest BCUT2D eigenvalue weighted by Gasteiger charge is -2.00. The first-order valence-corrected chi connectivity index (χ1v) is 6.78. The Morgan fingerprint density at radius 1 is 1.12 bits per heavy atom. The highest BCUT2D eigenvalue weighted by Crippen LogP contribution is 2.16. The van der Waals surface area contributed by atoms with Crippen molar-refractivity contribution in [2.24, 2.45) is 5.16 Å². The Labute approximate surface area is 99.6 Å². The van der Waals surface area contributed by atoms with Gasteiger partial charge in [-0.1, -0.05) is 47.6 Å². The van der Waals surface area contributed by atoms with Gasteiger partial charge in [-0.2, -0.15) is 8.42 Å². The summed E-state index contributed by atoms with van der Waals surface area (Å²) in [6, 6.07) is 13.5. The lowest BCUT2D eigenvalue weighted by atomic mass is 10.1. The molecule has 0 unspecified atom stereocenters. The standard InChI is InChI=1S/C12H11NO3S/c1-17(14,15)16-13-9-11-7-4-6-10-5-2-3-8-12(10)11/h2-9H,1H3. The molecule has 0 saturated heterocycles. The van der Waals surface area contributed by atoms with Crippen LogP contribution in [-0.4, -0.2) is 20.9 Å². The third-order valence-electron chi connectivity index (χ3n) is 2.19. The maximum atomic E-state index is 10.7. The normalized spacial score (nSPS) is 12.1. The predicted molar refractivity (Wildman–Crippen MR) is 67.5 cm³/mol. The molecule has 0 atom stereocenters. The van der Waals surface area contributed by atoms with E-state index in [-0.39, 0.29) is 0 Å². The number of rotatable bonds is 3. The van der Waals surface area contributed by atoms with E-state index in [9.17, 15) is 8.42 Å². The van der Waals surface area contributed by atoms with Crippen LogP contribution in [0.15, 0.2) is 47.6 Å². The van der Waals surface area contributed by atoms with Crippen molar-refractivity contribution < 1.29 is 12.7 Å². The van der Waals surface area contributed by atoms with Crippen LogP contribution in [0.4, 0.5) is 0 Å². The fourth-order valence-corrected chi connectivity index (χ4v) is 1.72. The Bertz CT molecular complexity index is 657. The van der Waals surface area contributed by atoms with Crippen LogP contribution < -0.4 is 0 Å². The van der Waals surface area contributed by atoms with E-state index in [0.29, 0.717) is 0 Å². The summed E-state index contributed by atoms with van der Waals surface area (Å²) >= 11 is 0. The lowest BCUT2D eigenvalue weighted by Crippen LogP contribution is -1.97. The largest absolute Gasteiger partial charge is 0.325 e. The summed E-state index contributed by atoms with van der Waals surface area (Å²) in [7, 11) is -3.55. The highest BCUT2D eigenvalue weighted by atomic mass is 32.2. The molecule has 0 radical (unpaired) electrons. The summed E-state index contributed by atoms with van der Waals surface area (Å²) in [5, 5.41) is 5.51. The molecule has 4 nitrogen and oxygen atoms in total. The SMILES string of the molecule is CS(=O)(=O)ON=Cc1cccc2ccccc12. The van der Waals surface area contributed by atoms with E-state index in [0.717, 1.165) is 22.6 Å². The van der Waals surface area contributed by atoms with E-state index in [1.54, 1.807) is 0 Å². The fraction of sp³-hybridized carbons (Fsp3) is 0.0833. The van der Waals surface area contributed by atoms with Gasteiger partial charge in [-0.3, -0.25) is 4.28 Å². The van der Waals surface area contributed by atoms with Crippen molar-refractivity contribution >= 4 is 27.1 Å². The van der Waals surface area contributed by atoms with Crippen molar-refractivity contribution in [2.75, 3.05) is 6.26 Å². The van der Waals surface area contributed by atoms with Gasteiger partial charge in [0.15, 0.2) is 0 Å². The molecule has 0 heterocycles. The molecule has 0 aromatic heterocycles. The highest BCUT2D eigenvalue weighted by Gasteiger charge is 2.00. The Hall–Kier alpha value is -1.88. The summed E-state index contributed by atoms with van der Waals surface area (Å²) in [5.74, 6) is 0. The maximum Gasteiger partial charge on any atom is 0.325 e. The van der Waals surface area contributed by atoms with Crippen LogP contribution in [0.2, 0.25) is 0 Å². The first kappa shape index (κ1) is 11.6. The molecular weight excluding hydrogens is 238 g/mol. The zero-order chi connectivity index (χ0) is 12.3.